The Morgan fingerprint density at radius 3 is 1.08 bits per heavy atom. The Labute approximate surface area is 312 Å². The molecule has 0 aliphatic rings. The minimum atomic E-state index is -0.826. The van der Waals surface area contributed by atoms with E-state index < -0.39 is 20.8 Å². The molecule has 2 radical (unpaired) electrons. The Bertz CT molecular complexity index is 1680. The van der Waals surface area contributed by atoms with Crippen molar-refractivity contribution >= 4 is 48.1 Å². The summed E-state index contributed by atoms with van der Waals surface area (Å²) in [5.41, 5.74) is 11.1. The van der Waals surface area contributed by atoms with E-state index in [9.17, 15) is 0 Å². The van der Waals surface area contributed by atoms with E-state index in [1.54, 1.807) is 0 Å². The van der Waals surface area contributed by atoms with Gasteiger partial charge in [0.25, 0.3) is 0 Å². The van der Waals surface area contributed by atoms with Gasteiger partial charge in [0.15, 0.2) is 0 Å². The third-order valence-corrected chi connectivity index (χ3v) is 8.55. The quantitative estimate of drug-likeness (QED) is 0.117. The Hall–Kier alpha value is -2.22. The van der Waals surface area contributed by atoms with Crippen LogP contribution in [0.1, 0.15) is 101 Å². The fraction of sp³-hybridized carbons (Fsp3) is 0.318. The average molecular weight is 771 g/mol. The van der Waals surface area contributed by atoms with Crippen LogP contribution in [0.4, 0.5) is 0 Å². The van der Waals surface area contributed by atoms with Crippen molar-refractivity contribution in [2.24, 2.45) is 0 Å². The molecule has 0 spiro atoms. The van der Waals surface area contributed by atoms with Crippen LogP contribution < -0.4 is 0 Å². The van der Waals surface area contributed by atoms with Crippen LogP contribution in [0.2, 0.25) is 13.1 Å². The molecule has 0 aromatic heterocycles. The van der Waals surface area contributed by atoms with Crippen molar-refractivity contribution in [1.29, 1.82) is 0 Å². The summed E-state index contributed by atoms with van der Waals surface area (Å²) < 4.78 is 0. The molecule has 4 heteroatoms. The van der Waals surface area contributed by atoms with Crippen molar-refractivity contribution in [1.82, 2.24) is 0 Å². The predicted octanol–water partition coefficient (Wildman–Crippen LogP) is 15.1. The van der Waals surface area contributed by atoms with Crippen molar-refractivity contribution in [2.45, 2.75) is 92.2 Å². The van der Waals surface area contributed by atoms with E-state index >= 15 is 0 Å². The van der Waals surface area contributed by atoms with Crippen LogP contribution in [0.15, 0.2) is 109 Å². The van der Waals surface area contributed by atoms with Crippen LogP contribution in [0.3, 0.4) is 0 Å². The van der Waals surface area contributed by atoms with Gasteiger partial charge in [0.2, 0.25) is 0 Å². The summed E-state index contributed by atoms with van der Waals surface area (Å²) in [7, 11) is 11.0. The molecular formula is C44H52Cl2SiZr. The molecule has 0 N–H and O–H groups in total. The molecule has 0 unspecified atom stereocenters. The molecular weight excluding hydrogens is 719 g/mol. The van der Waals surface area contributed by atoms with E-state index in [2.05, 4.69) is 178 Å². The Morgan fingerprint density at radius 1 is 0.500 bits per heavy atom. The first kappa shape index (κ1) is 40.2. The second kappa shape index (κ2) is 19.8. The van der Waals surface area contributed by atoms with Gasteiger partial charge in [-0.25, -0.2) is 0 Å². The number of hydrogen-bond acceptors (Lipinski definition) is 0. The van der Waals surface area contributed by atoms with Crippen molar-refractivity contribution < 1.29 is 20.8 Å². The molecule has 250 valence electrons. The minimum absolute atomic E-state index is 0.553. The number of halogens is 2. The van der Waals surface area contributed by atoms with Crippen molar-refractivity contribution in [3.05, 3.63) is 131 Å². The zero-order chi connectivity index (χ0) is 35.4. The van der Waals surface area contributed by atoms with Crippen molar-refractivity contribution in [2.75, 3.05) is 0 Å². The standard InChI is InChI=1S/2C21H23.C2H6Si.2ClH.Zr/c2*1-14(2)17-10-19-11-18(16-8-6-5-7-9-16)13-21(19)20(12-17)15(3)4;1-3-2;;;/h2*5-15H,1-4H3;1-2H3;2*1H;/q2*-1;;;;+4/p-2. The van der Waals surface area contributed by atoms with Crippen LogP contribution in [-0.2, 0) is 20.8 Å². The first-order valence-electron chi connectivity index (χ1n) is 17.1. The van der Waals surface area contributed by atoms with Gasteiger partial charge in [0.05, 0.1) is 0 Å². The molecule has 0 aliphatic heterocycles. The van der Waals surface area contributed by atoms with E-state index in [0.29, 0.717) is 23.7 Å². The van der Waals surface area contributed by atoms with Gasteiger partial charge < -0.3 is 0 Å². The SMILES string of the molecule is CC(C)c1cc(C(C)C)c2cc(-c3ccccc3)[cH-]c2c1.CC(C)c1cc(C(C)C)c2cc(-c3ccccc3)[cH-]c2c1.C[Si]C.[Cl][Zr+2][Cl]. The maximum atomic E-state index is 4.93. The number of fused-ring (bicyclic) bond motifs is 2. The third-order valence-electron chi connectivity index (χ3n) is 8.55. The zero-order valence-corrected chi connectivity index (χ0v) is 35.4. The van der Waals surface area contributed by atoms with Gasteiger partial charge in [-0.15, -0.1) is 69.1 Å². The summed E-state index contributed by atoms with van der Waals surface area (Å²) in [6.07, 6.45) is 0. The summed E-state index contributed by atoms with van der Waals surface area (Å²) >= 11 is -0.826. The second-order valence-electron chi connectivity index (χ2n) is 13.6. The van der Waals surface area contributed by atoms with Gasteiger partial charge >= 0.3 is 37.9 Å². The van der Waals surface area contributed by atoms with Gasteiger partial charge in [-0.1, -0.05) is 175 Å². The summed E-state index contributed by atoms with van der Waals surface area (Å²) in [5.74, 6) is 2.25. The van der Waals surface area contributed by atoms with Gasteiger partial charge in [-0.05, 0) is 23.7 Å². The van der Waals surface area contributed by atoms with E-state index in [1.165, 1.54) is 66.1 Å². The molecule has 0 bridgehead atoms. The van der Waals surface area contributed by atoms with Crippen LogP contribution >= 0.6 is 17.0 Å². The normalized spacial score (nSPS) is 10.8. The van der Waals surface area contributed by atoms with E-state index in [4.69, 9.17) is 17.0 Å². The van der Waals surface area contributed by atoms with Crippen molar-refractivity contribution in [3.63, 3.8) is 0 Å². The third kappa shape index (κ3) is 10.9. The molecule has 0 saturated heterocycles. The van der Waals surface area contributed by atoms with Crippen LogP contribution in [0.5, 0.6) is 0 Å². The van der Waals surface area contributed by atoms with E-state index in [0.717, 1.165) is 9.52 Å². The topological polar surface area (TPSA) is 0 Å². The van der Waals surface area contributed by atoms with Gasteiger partial charge in [0.1, 0.15) is 0 Å². The molecule has 0 amide bonds. The molecule has 0 saturated carbocycles. The fourth-order valence-electron chi connectivity index (χ4n) is 5.96. The fourth-order valence-corrected chi connectivity index (χ4v) is 5.96. The number of hydrogen-bond donors (Lipinski definition) is 0. The second-order valence-corrected chi connectivity index (χ2v) is 18.4. The summed E-state index contributed by atoms with van der Waals surface area (Å²) in [5, 5.41) is 5.58. The number of benzene rings is 4. The molecule has 6 aromatic rings. The van der Waals surface area contributed by atoms with Gasteiger partial charge in [0, 0.05) is 9.52 Å². The summed E-state index contributed by atoms with van der Waals surface area (Å²) in [6.45, 7) is 22.5. The molecule has 6 aromatic carbocycles. The Morgan fingerprint density at radius 2 is 0.812 bits per heavy atom. The van der Waals surface area contributed by atoms with Gasteiger partial charge in [-0.3, -0.25) is 0 Å². The van der Waals surface area contributed by atoms with Gasteiger partial charge in [-0.2, -0.15) is 0 Å². The summed E-state index contributed by atoms with van der Waals surface area (Å²) in [6, 6.07) is 40.2. The molecule has 0 heterocycles. The maximum absolute atomic E-state index is 4.93. The molecule has 0 nitrogen and oxygen atoms in total. The molecule has 0 aliphatic carbocycles. The Kier molecular flexibility index (Phi) is 16.6. The van der Waals surface area contributed by atoms with Crippen LogP contribution in [0.25, 0.3) is 43.8 Å². The van der Waals surface area contributed by atoms with E-state index in [-0.39, 0.29) is 0 Å². The molecule has 6 rings (SSSR count). The molecule has 0 atom stereocenters. The monoisotopic (exact) mass is 768 g/mol. The molecule has 0 fully saturated rings. The van der Waals surface area contributed by atoms with Crippen LogP contribution in [0, 0.1) is 0 Å². The summed E-state index contributed by atoms with van der Waals surface area (Å²) in [4.78, 5) is 0. The first-order chi connectivity index (χ1) is 22.9. The first-order valence-corrected chi connectivity index (χ1v) is 25.4. The van der Waals surface area contributed by atoms with Crippen molar-refractivity contribution in [3.8, 4) is 22.3 Å². The molecule has 48 heavy (non-hydrogen) atoms. The number of rotatable bonds is 6. The zero-order valence-electron chi connectivity index (χ0n) is 30.5. The van der Waals surface area contributed by atoms with Crippen LogP contribution in [-0.4, -0.2) is 9.52 Å². The Balaban J connectivity index is 0.000000224. The van der Waals surface area contributed by atoms with E-state index in [1.807, 2.05) is 0 Å². The average Bonchev–Trinajstić information content (AvgIpc) is 3.70. The predicted molar refractivity (Wildman–Crippen MR) is 215 cm³/mol.